The molecular weight excluding hydrogens is 222 g/mol. The summed E-state index contributed by atoms with van der Waals surface area (Å²) in [6.07, 6.45) is 2.75. The van der Waals surface area contributed by atoms with Crippen LogP contribution in [0.2, 0.25) is 0 Å². The van der Waals surface area contributed by atoms with E-state index in [4.69, 9.17) is 5.11 Å². The van der Waals surface area contributed by atoms with Crippen molar-refractivity contribution >= 4 is 17.6 Å². The summed E-state index contributed by atoms with van der Waals surface area (Å²) >= 11 is 0. The summed E-state index contributed by atoms with van der Waals surface area (Å²) in [7, 11) is 0. The highest BCUT2D eigenvalue weighted by Gasteiger charge is 2.25. The maximum Gasteiger partial charge on any atom is 0.335 e. The fourth-order valence-electron chi connectivity index (χ4n) is 1.67. The Bertz CT molecular complexity index is 466. The molecule has 1 aromatic carbocycles. The van der Waals surface area contributed by atoms with Crippen LogP contribution in [-0.2, 0) is 4.79 Å². The molecule has 2 rings (SSSR count). The number of nitrogens with one attached hydrogen (secondary N) is 1. The number of phenols is 1. The molecule has 90 valence electrons. The summed E-state index contributed by atoms with van der Waals surface area (Å²) in [6, 6.07) is 3.81. The first-order valence-corrected chi connectivity index (χ1v) is 5.45. The highest BCUT2D eigenvalue weighted by molar-refractivity contribution is 5.96. The molecule has 5 heteroatoms. The van der Waals surface area contributed by atoms with Crippen LogP contribution in [0.5, 0.6) is 5.75 Å². The summed E-state index contributed by atoms with van der Waals surface area (Å²) < 4.78 is 0. The minimum atomic E-state index is -1.09. The van der Waals surface area contributed by atoms with Crippen LogP contribution in [0.15, 0.2) is 18.2 Å². The van der Waals surface area contributed by atoms with Gasteiger partial charge < -0.3 is 15.5 Å². The number of carboxylic acid groups (broad SMARTS) is 1. The molecule has 0 atom stereocenters. The first-order valence-electron chi connectivity index (χ1n) is 5.45. The van der Waals surface area contributed by atoms with Crippen molar-refractivity contribution in [2.45, 2.75) is 19.3 Å². The third-order valence-corrected chi connectivity index (χ3v) is 2.98. The summed E-state index contributed by atoms with van der Waals surface area (Å²) in [6.45, 7) is 0. The molecule has 1 aromatic rings. The number of carbonyl (C=O) groups excluding carboxylic acids is 1. The monoisotopic (exact) mass is 235 g/mol. The predicted molar refractivity (Wildman–Crippen MR) is 61.0 cm³/mol. The third-order valence-electron chi connectivity index (χ3n) is 2.98. The van der Waals surface area contributed by atoms with E-state index >= 15 is 0 Å². The molecular formula is C12H13NO4. The number of hydrogen-bond acceptors (Lipinski definition) is 3. The lowest BCUT2D eigenvalue weighted by molar-refractivity contribution is -0.122. The summed E-state index contributed by atoms with van der Waals surface area (Å²) in [5, 5.41) is 20.9. The average Bonchev–Trinajstić information content (AvgIpc) is 2.18. The Balaban J connectivity index is 2.16. The standard InChI is InChI=1S/C12H13NO4/c14-10-5-4-8(12(16)17)6-9(10)13-11(15)7-2-1-3-7/h4-7,14H,1-3H2,(H,13,15)(H,16,17). The molecule has 0 heterocycles. The average molecular weight is 235 g/mol. The molecule has 0 unspecified atom stereocenters. The van der Waals surface area contributed by atoms with E-state index in [0.717, 1.165) is 19.3 Å². The van der Waals surface area contributed by atoms with Crippen molar-refractivity contribution in [3.63, 3.8) is 0 Å². The van der Waals surface area contributed by atoms with Gasteiger partial charge in [0.15, 0.2) is 0 Å². The Hall–Kier alpha value is -2.04. The molecule has 1 saturated carbocycles. The molecule has 1 fully saturated rings. The molecule has 0 aliphatic heterocycles. The molecule has 0 saturated heterocycles. The van der Waals surface area contributed by atoms with Crippen molar-refractivity contribution in [3.8, 4) is 5.75 Å². The molecule has 5 nitrogen and oxygen atoms in total. The van der Waals surface area contributed by atoms with Crippen LogP contribution in [0.25, 0.3) is 0 Å². The third kappa shape index (κ3) is 2.38. The lowest BCUT2D eigenvalue weighted by atomic mass is 9.85. The normalized spacial score (nSPS) is 15.1. The van der Waals surface area contributed by atoms with E-state index in [1.807, 2.05) is 0 Å². The summed E-state index contributed by atoms with van der Waals surface area (Å²) in [4.78, 5) is 22.4. The van der Waals surface area contributed by atoms with Crippen molar-refractivity contribution < 1.29 is 19.8 Å². The van der Waals surface area contributed by atoms with E-state index in [9.17, 15) is 14.7 Å². The van der Waals surface area contributed by atoms with E-state index in [1.54, 1.807) is 0 Å². The van der Waals surface area contributed by atoms with E-state index in [-0.39, 0.29) is 28.8 Å². The zero-order valence-electron chi connectivity index (χ0n) is 9.14. The van der Waals surface area contributed by atoms with Gasteiger partial charge in [0.2, 0.25) is 5.91 Å². The van der Waals surface area contributed by atoms with E-state index in [1.165, 1.54) is 18.2 Å². The van der Waals surface area contributed by atoms with Gasteiger partial charge in [-0.25, -0.2) is 4.79 Å². The minimum absolute atomic E-state index is 0.0112. The smallest absolute Gasteiger partial charge is 0.335 e. The number of aromatic carboxylic acids is 1. The van der Waals surface area contributed by atoms with Gasteiger partial charge in [-0.1, -0.05) is 6.42 Å². The van der Waals surface area contributed by atoms with Gasteiger partial charge >= 0.3 is 5.97 Å². The molecule has 0 aromatic heterocycles. The van der Waals surface area contributed by atoms with Gasteiger partial charge in [-0.15, -0.1) is 0 Å². The van der Waals surface area contributed by atoms with Crippen LogP contribution in [0.3, 0.4) is 0 Å². The number of hydrogen-bond donors (Lipinski definition) is 3. The molecule has 1 aliphatic carbocycles. The van der Waals surface area contributed by atoms with E-state index in [0.29, 0.717) is 0 Å². The van der Waals surface area contributed by atoms with Crippen LogP contribution < -0.4 is 5.32 Å². The number of rotatable bonds is 3. The van der Waals surface area contributed by atoms with Gasteiger partial charge in [0.1, 0.15) is 5.75 Å². The van der Waals surface area contributed by atoms with Crippen LogP contribution >= 0.6 is 0 Å². The minimum Gasteiger partial charge on any atom is -0.506 e. The highest BCUT2D eigenvalue weighted by atomic mass is 16.4. The number of carboxylic acids is 1. The number of carbonyl (C=O) groups is 2. The highest BCUT2D eigenvalue weighted by Crippen LogP contribution is 2.30. The second-order valence-corrected chi connectivity index (χ2v) is 4.15. The van der Waals surface area contributed by atoms with Crippen LogP contribution in [0.4, 0.5) is 5.69 Å². The first kappa shape index (κ1) is 11.4. The maximum atomic E-state index is 11.7. The van der Waals surface area contributed by atoms with Crippen molar-refractivity contribution in [1.82, 2.24) is 0 Å². The lowest BCUT2D eigenvalue weighted by Gasteiger charge is -2.24. The Morgan fingerprint density at radius 1 is 1.29 bits per heavy atom. The Labute approximate surface area is 98.1 Å². The molecule has 0 bridgehead atoms. The van der Waals surface area contributed by atoms with Crippen molar-refractivity contribution in [2.75, 3.05) is 5.32 Å². The number of anilines is 1. The quantitative estimate of drug-likeness (QED) is 0.697. The fourth-order valence-corrected chi connectivity index (χ4v) is 1.67. The fraction of sp³-hybridized carbons (Fsp3) is 0.333. The van der Waals surface area contributed by atoms with Crippen LogP contribution in [-0.4, -0.2) is 22.1 Å². The van der Waals surface area contributed by atoms with Crippen molar-refractivity contribution in [1.29, 1.82) is 0 Å². The van der Waals surface area contributed by atoms with Crippen molar-refractivity contribution in [3.05, 3.63) is 23.8 Å². The van der Waals surface area contributed by atoms with E-state index < -0.39 is 5.97 Å². The second-order valence-electron chi connectivity index (χ2n) is 4.15. The topological polar surface area (TPSA) is 86.6 Å². The Morgan fingerprint density at radius 3 is 2.53 bits per heavy atom. The molecule has 3 N–H and O–H groups in total. The molecule has 17 heavy (non-hydrogen) atoms. The van der Waals surface area contributed by atoms with Crippen LogP contribution in [0.1, 0.15) is 29.6 Å². The number of aromatic hydroxyl groups is 1. The largest absolute Gasteiger partial charge is 0.506 e. The molecule has 1 amide bonds. The number of benzene rings is 1. The zero-order valence-corrected chi connectivity index (χ0v) is 9.14. The SMILES string of the molecule is O=C(O)c1ccc(O)c(NC(=O)C2CCC2)c1. The van der Waals surface area contributed by atoms with Gasteiger partial charge in [0.25, 0.3) is 0 Å². The predicted octanol–water partition coefficient (Wildman–Crippen LogP) is 1.83. The Morgan fingerprint density at radius 2 is 2.00 bits per heavy atom. The molecule has 0 spiro atoms. The van der Waals surface area contributed by atoms with Crippen LogP contribution in [0, 0.1) is 5.92 Å². The first-order chi connectivity index (χ1) is 8.08. The lowest BCUT2D eigenvalue weighted by Crippen LogP contribution is -2.28. The van der Waals surface area contributed by atoms with Gasteiger partial charge in [-0.3, -0.25) is 4.79 Å². The van der Waals surface area contributed by atoms with Gasteiger partial charge in [0.05, 0.1) is 11.3 Å². The van der Waals surface area contributed by atoms with Crippen molar-refractivity contribution in [2.24, 2.45) is 5.92 Å². The second kappa shape index (κ2) is 4.45. The number of phenolic OH excluding ortho intramolecular Hbond substituents is 1. The summed E-state index contributed by atoms with van der Waals surface area (Å²) in [5.41, 5.74) is 0.188. The van der Waals surface area contributed by atoms with Gasteiger partial charge in [-0.05, 0) is 31.0 Å². The van der Waals surface area contributed by atoms with E-state index in [2.05, 4.69) is 5.32 Å². The maximum absolute atomic E-state index is 11.7. The van der Waals surface area contributed by atoms with Gasteiger partial charge in [-0.2, -0.15) is 0 Å². The Kier molecular flexibility index (Phi) is 2.99. The molecule has 1 aliphatic rings. The molecule has 0 radical (unpaired) electrons. The zero-order chi connectivity index (χ0) is 12.4. The van der Waals surface area contributed by atoms with Gasteiger partial charge in [0, 0.05) is 5.92 Å². The summed E-state index contributed by atoms with van der Waals surface area (Å²) in [5.74, 6) is -1.39. The number of amides is 1.